The molecule has 1 aromatic carbocycles. The maximum atomic E-state index is 11.8. The summed E-state index contributed by atoms with van der Waals surface area (Å²) in [5.74, 6) is -0.0234. The second-order valence-electron chi connectivity index (χ2n) is 3.96. The van der Waals surface area contributed by atoms with E-state index >= 15 is 0 Å². The number of hydrogen-bond donors (Lipinski definition) is 1. The van der Waals surface area contributed by atoms with E-state index in [1.165, 1.54) is 21.3 Å². The highest BCUT2D eigenvalue weighted by Crippen LogP contribution is 2.38. The van der Waals surface area contributed by atoms with E-state index in [0.29, 0.717) is 22.6 Å². The topological polar surface area (TPSA) is 74.2 Å². The SMILES string of the molecule is CCOC(=O)C(O)c1c(COC)ccc(OC)c1OC. The van der Waals surface area contributed by atoms with Gasteiger partial charge in [0, 0.05) is 12.7 Å². The van der Waals surface area contributed by atoms with E-state index in [4.69, 9.17) is 18.9 Å². The molecule has 20 heavy (non-hydrogen) atoms. The van der Waals surface area contributed by atoms with Crippen LogP contribution in [0.2, 0.25) is 0 Å². The summed E-state index contributed by atoms with van der Waals surface area (Å²) < 4.78 is 20.3. The minimum Gasteiger partial charge on any atom is -0.493 e. The summed E-state index contributed by atoms with van der Waals surface area (Å²) in [4.78, 5) is 11.8. The van der Waals surface area contributed by atoms with Crippen molar-refractivity contribution >= 4 is 5.97 Å². The number of rotatable bonds is 7. The largest absolute Gasteiger partial charge is 0.493 e. The maximum absolute atomic E-state index is 11.8. The molecule has 1 aromatic rings. The van der Waals surface area contributed by atoms with Crippen molar-refractivity contribution < 1.29 is 28.8 Å². The Morgan fingerprint density at radius 3 is 2.45 bits per heavy atom. The van der Waals surface area contributed by atoms with Crippen LogP contribution >= 0.6 is 0 Å². The summed E-state index contributed by atoms with van der Waals surface area (Å²) in [7, 11) is 4.45. The van der Waals surface area contributed by atoms with E-state index in [9.17, 15) is 9.90 Å². The lowest BCUT2D eigenvalue weighted by molar-refractivity contribution is -0.153. The van der Waals surface area contributed by atoms with Crippen LogP contribution in [0, 0.1) is 0 Å². The van der Waals surface area contributed by atoms with Crippen LogP contribution < -0.4 is 9.47 Å². The molecule has 112 valence electrons. The molecule has 0 aliphatic heterocycles. The molecule has 1 unspecified atom stereocenters. The van der Waals surface area contributed by atoms with E-state index in [1.54, 1.807) is 19.1 Å². The van der Waals surface area contributed by atoms with Gasteiger partial charge in [-0.1, -0.05) is 6.07 Å². The second-order valence-corrected chi connectivity index (χ2v) is 3.96. The van der Waals surface area contributed by atoms with Crippen molar-refractivity contribution in [2.75, 3.05) is 27.9 Å². The third-order valence-corrected chi connectivity index (χ3v) is 2.76. The van der Waals surface area contributed by atoms with Crippen LogP contribution in [-0.2, 0) is 20.9 Å². The van der Waals surface area contributed by atoms with Crippen LogP contribution in [0.15, 0.2) is 12.1 Å². The third-order valence-electron chi connectivity index (χ3n) is 2.76. The first-order valence-corrected chi connectivity index (χ1v) is 6.18. The molecule has 6 heteroatoms. The third kappa shape index (κ3) is 3.40. The minimum atomic E-state index is -1.45. The molecule has 0 amide bonds. The quantitative estimate of drug-likeness (QED) is 0.764. The Morgan fingerprint density at radius 1 is 1.25 bits per heavy atom. The van der Waals surface area contributed by atoms with E-state index in [1.807, 2.05) is 0 Å². The van der Waals surface area contributed by atoms with Gasteiger partial charge in [0.15, 0.2) is 17.6 Å². The molecule has 0 aliphatic carbocycles. The highest BCUT2D eigenvalue weighted by atomic mass is 16.5. The first kappa shape index (κ1) is 16.3. The Bertz CT molecular complexity index is 457. The fraction of sp³-hybridized carbons (Fsp3) is 0.500. The van der Waals surface area contributed by atoms with Crippen LogP contribution in [0.3, 0.4) is 0 Å². The number of esters is 1. The molecule has 0 aromatic heterocycles. The highest BCUT2D eigenvalue weighted by molar-refractivity contribution is 5.78. The Labute approximate surface area is 118 Å². The predicted molar refractivity (Wildman–Crippen MR) is 71.9 cm³/mol. The van der Waals surface area contributed by atoms with Crippen molar-refractivity contribution in [3.05, 3.63) is 23.3 Å². The number of hydrogen-bond acceptors (Lipinski definition) is 6. The molecule has 1 N–H and O–H groups in total. The first-order chi connectivity index (χ1) is 9.60. The zero-order valence-electron chi connectivity index (χ0n) is 12.1. The molecule has 1 rings (SSSR count). The van der Waals surface area contributed by atoms with Crippen molar-refractivity contribution in [3.8, 4) is 11.5 Å². The monoisotopic (exact) mass is 284 g/mol. The zero-order valence-corrected chi connectivity index (χ0v) is 12.1. The van der Waals surface area contributed by atoms with E-state index in [2.05, 4.69) is 0 Å². The molecular weight excluding hydrogens is 264 g/mol. The van der Waals surface area contributed by atoms with Gasteiger partial charge in [-0.25, -0.2) is 4.79 Å². The lowest BCUT2D eigenvalue weighted by Crippen LogP contribution is -2.18. The average Bonchev–Trinajstić information content (AvgIpc) is 2.46. The Balaban J connectivity index is 3.33. The summed E-state index contributed by atoms with van der Waals surface area (Å²) in [5, 5.41) is 10.2. The van der Waals surface area contributed by atoms with E-state index in [-0.39, 0.29) is 13.2 Å². The summed E-state index contributed by atoms with van der Waals surface area (Å²) >= 11 is 0. The molecule has 0 bridgehead atoms. The number of ether oxygens (including phenoxy) is 4. The van der Waals surface area contributed by atoms with Gasteiger partial charge in [0.2, 0.25) is 0 Å². The Morgan fingerprint density at radius 2 is 1.95 bits per heavy atom. The van der Waals surface area contributed by atoms with Gasteiger partial charge in [0.05, 0.1) is 27.4 Å². The number of benzene rings is 1. The molecule has 6 nitrogen and oxygen atoms in total. The van der Waals surface area contributed by atoms with Crippen molar-refractivity contribution in [1.29, 1.82) is 0 Å². The summed E-state index contributed by atoms with van der Waals surface area (Å²) in [6.07, 6.45) is -1.45. The van der Waals surface area contributed by atoms with Crippen molar-refractivity contribution in [1.82, 2.24) is 0 Å². The molecule has 0 aliphatic rings. The van der Waals surface area contributed by atoms with E-state index in [0.717, 1.165) is 0 Å². The maximum Gasteiger partial charge on any atom is 0.339 e. The molecular formula is C14H20O6. The lowest BCUT2D eigenvalue weighted by atomic mass is 10.0. The highest BCUT2D eigenvalue weighted by Gasteiger charge is 2.27. The normalized spacial score (nSPS) is 11.8. The van der Waals surface area contributed by atoms with Gasteiger partial charge in [0.1, 0.15) is 0 Å². The van der Waals surface area contributed by atoms with Crippen molar-refractivity contribution in [2.24, 2.45) is 0 Å². The lowest BCUT2D eigenvalue weighted by Gasteiger charge is -2.19. The summed E-state index contributed by atoms with van der Waals surface area (Å²) in [6, 6.07) is 3.40. The molecule has 0 saturated carbocycles. The predicted octanol–water partition coefficient (Wildman–Crippen LogP) is 1.45. The summed E-state index contributed by atoms with van der Waals surface area (Å²) in [5.41, 5.74) is 0.929. The number of methoxy groups -OCH3 is 3. The molecule has 0 radical (unpaired) electrons. The molecule has 0 spiro atoms. The molecule has 0 saturated heterocycles. The standard InChI is InChI=1S/C14H20O6/c1-5-20-14(16)12(15)11-9(8-17-2)6-7-10(18-3)13(11)19-4/h6-7,12,15H,5,8H2,1-4H3. The fourth-order valence-electron chi connectivity index (χ4n) is 1.91. The van der Waals surface area contributed by atoms with Crippen LogP contribution in [-0.4, -0.2) is 39.0 Å². The van der Waals surface area contributed by atoms with Crippen LogP contribution in [0.4, 0.5) is 0 Å². The van der Waals surface area contributed by atoms with Gasteiger partial charge in [-0.15, -0.1) is 0 Å². The van der Waals surface area contributed by atoms with Gasteiger partial charge < -0.3 is 24.1 Å². The van der Waals surface area contributed by atoms with E-state index < -0.39 is 12.1 Å². The number of aliphatic hydroxyl groups is 1. The number of carbonyl (C=O) groups is 1. The Hall–Kier alpha value is -1.79. The summed E-state index contributed by atoms with van der Waals surface area (Å²) in [6.45, 7) is 2.08. The first-order valence-electron chi connectivity index (χ1n) is 6.18. The van der Waals surface area contributed by atoms with Gasteiger partial charge >= 0.3 is 5.97 Å². The molecule has 0 heterocycles. The van der Waals surface area contributed by atoms with Crippen LogP contribution in [0.1, 0.15) is 24.2 Å². The van der Waals surface area contributed by atoms with Gasteiger partial charge in [-0.05, 0) is 18.6 Å². The van der Waals surface area contributed by atoms with Gasteiger partial charge in [-0.3, -0.25) is 0 Å². The van der Waals surface area contributed by atoms with Crippen LogP contribution in [0.5, 0.6) is 11.5 Å². The zero-order chi connectivity index (χ0) is 15.1. The average molecular weight is 284 g/mol. The smallest absolute Gasteiger partial charge is 0.339 e. The van der Waals surface area contributed by atoms with Gasteiger partial charge in [-0.2, -0.15) is 0 Å². The van der Waals surface area contributed by atoms with Crippen LogP contribution in [0.25, 0.3) is 0 Å². The number of aliphatic hydroxyl groups excluding tert-OH is 1. The number of carbonyl (C=O) groups excluding carboxylic acids is 1. The second kappa shape index (κ2) is 7.72. The van der Waals surface area contributed by atoms with Crippen molar-refractivity contribution in [3.63, 3.8) is 0 Å². The molecule has 1 atom stereocenters. The molecule has 0 fully saturated rings. The Kier molecular flexibility index (Phi) is 6.27. The minimum absolute atomic E-state index is 0.182. The fourth-order valence-corrected chi connectivity index (χ4v) is 1.91. The van der Waals surface area contributed by atoms with Gasteiger partial charge in [0.25, 0.3) is 0 Å². The van der Waals surface area contributed by atoms with Crippen molar-refractivity contribution in [2.45, 2.75) is 19.6 Å².